The average Bonchev–Trinajstić information content (AvgIpc) is 3.04. The number of rotatable bonds is 17. The topological polar surface area (TPSA) is 82.1 Å². The second-order valence-corrected chi connectivity index (χ2v) is 13.2. The van der Waals surface area contributed by atoms with Gasteiger partial charge in [-0.3, -0.25) is 0 Å². The monoisotopic (exact) mass is 632 g/mol. The Morgan fingerprint density at radius 1 is 0.933 bits per heavy atom. The zero-order chi connectivity index (χ0) is 33.0. The average molecular weight is 633 g/mol. The van der Waals surface area contributed by atoms with Crippen molar-refractivity contribution in [3.05, 3.63) is 59.2 Å². The Bertz CT molecular complexity index is 1130. The van der Waals surface area contributed by atoms with E-state index >= 15 is 8.78 Å². The fourth-order valence-electron chi connectivity index (χ4n) is 6.91. The van der Waals surface area contributed by atoms with Crippen molar-refractivity contribution in [3.63, 3.8) is 0 Å². The van der Waals surface area contributed by atoms with Gasteiger partial charge in [0.2, 0.25) is 0 Å². The number of benzene rings is 1. The summed E-state index contributed by atoms with van der Waals surface area (Å²) in [5.74, 6) is 0.179. The standard InChI is InChI=1S/C37H54F2O6/c1-6-8-9-10-27-11-13-29(14-12-27)30-15-18-33(19-16-30)45-37(38,39)34-20-17-31(21-28(34)7-2)32(23-43-35(41)25(3)4)24-44-36(42)26(5)22-40/h17,20-21,27,29-30,32-33,40H,3,5-16,18-19,22-24H2,1-2,4H3. The lowest BCUT2D eigenvalue weighted by Crippen LogP contribution is -2.33. The number of unbranched alkanes of at least 4 members (excludes halogenated alkanes) is 2. The molecule has 3 rings (SSSR count). The van der Waals surface area contributed by atoms with Crippen LogP contribution >= 0.6 is 0 Å². The molecule has 1 unspecified atom stereocenters. The van der Waals surface area contributed by atoms with Crippen LogP contribution in [0.15, 0.2) is 42.5 Å². The highest BCUT2D eigenvalue weighted by Gasteiger charge is 2.40. The number of halogens is 2. The number of alkyl halides is 2. The molecular weight excluding hydrogens is 578 g/mol. The van der Waals surface area contributed by atoms with Crippen LogP contribution in [0.3, 0.4) is 0 Å². The van der Waals surface area contributed by atoms with E-state index in [0.717, 1.165) is 24.7 Å². The summed E-state index contributed by atoms with van der Waals surface area (Å²) >= 11 is 0. The van der Waals surface area contributed by atoms with Gasteiger partial charge in [-0.15, -0.1) is 0 Å². The zero-order valence-electron chi connectivity index (χ0n) is 27.6. The molecule has 0 radical (unpaired) electrons. The molecule has 8 heteroatoms. The van der Waals surface area contributed by atoms with Crippen molar-refractivity contribution in [2.75, 3.05) is 19.8 Å². The van der Waals surface area contributed by atoms with Gasteiger partial charge in [0.15, 0.2) is 0 Å². The molecule has 0 bridgehead atoms. The molecule has 45 heavy (non-hydrogen) atoms. The number of hydrogen-bond acceptors (Lipinski definition) is 6. The molecule has 0 heterocycles. The van der Waals surface area contributed by atoms with Gasteiger partial charge in [0.25, 0.3) is 0 Å². The number of aliphatic hydroxyl groups is 1. The van der Waals surface area contributed by atoms with Crippen LogP contribution < -0.4 is 0 Å². The van der Waals surface area contributed by atoms with Crippen molar-refractivity contribution in [1.82, 2.24) is 0 Å². The largest absolute Gasteiger partial charge is 0.462 e. The summed E-state index contributed by atoms with van der Waals surface area (Å²) in [5, 5.41) is 9.17. The van der Waals surface area contributed by atoms with Gasteiger partial charge in [0, 0.05) is 5.57 Å². The summed E-state index contributed by atoms with van der Waals surface area (Å²) in [5.41, 5.74) is 0.891. The molecule has 2 saturated carbocycles. The quantitative estimate of drug-likeness (QED) is 0.105. The molecule has 1 N–H and O–H groups in total. The van der Waals surface area contributed by atoms with E-state index in [2.05, 4.69) is 20.1 Å². The maximum atomic E-state index is 15.7. The van der Waals surface area contributed by atoms with E-state index < -0.39 is 36.7 Å². The summed E-state index contributed by atoms with van der Waals surface area (Å²) in [6.07, 6.45) is 10.0. The predicted molar refractivity (Wildman–Crippen MR) is 172 cm³/mol. The molecule has 1 atom stereocenters. The highest BCUT2D eigenvalue weighted by molar-refractivity contribution is 5.88. The minimum atomic E-state index is -3.45. The third-order valence-electron chi connectivity index (χ3n) is 9.76. The van der Waals surface area contributed by atoms with Gasteiger partial charge in [0.1, 0.15) is 13.2 Å². The van der Waals surface area contributed by atoms with Crippen LogP contribution in [0.2, 0.25) is 0 Å². The predicted octanol–water partition coefficient (Wildman–Crippen LogP) is 8.56. The van der Waals surface area contributed by atoms with Crippen LogP contribution in [0.1, 0.15) is 120 Å². The first kappa shape index (κ1) is 36.9. The maximum Gasteiger partial charge on any atom is 0.383 e. The fourth-order valence-corrected chi connectivity index (χ4v) is 6.91. The van der Waals surface area contributed by atoms with Crippen molar-refractivity contribution in [2.45, 2.75) is 122 Å². The molecule has 0 amide bonds. The van der Waals surface area contributed by atoms with Gasteiger partial charge in [-0.05, 0) is 86.8 Å². The summed E-state index contributed by atoms with van der Waals surface area (Å²) in [4.78, 5) is 24.1. The Kier molecular flexibility index (Phi) is 14.7. The van der Waals surface area contributed by atoms with Crippen molar-refractivity contribution in [3.8, 4) is 0 Å². The molecule has 0 aliphatic heterocycles. The Balaban J connectivity index is 1.62. The molecule has 0 aromatic heterocycles. The lowest BCUT2D eigenvalue weighted by molar-refractivity contribution is -0.278. The SMILES string of the molecule is C=C(C)C(=O)OCC(COC(=O)C(=C)CO)c1ccc(C(F)(F)OC2CCC(C3CCC(CCCCC)CC3)CC2)c(CC)c1. The molecular formula is C37H54F2O6. The van der Waals surface area contributed by atoms with Gasteiger partial charge in [0.05, 0.1) is 29.8 Å². The van der Waals surface area contributed by atoms with Gasteiger partial charge in [-0.2, -0.15) is 8.78 Å². The fraction of sp³-hybridized carbons (Fsp3) is 0.676. The van der Waals surface area contributed by atoms with Crippen LogP contribution in [0.4, 0.5) is 8.78 Å². The van der Waals surface area contributed by atoms with E-state index in [1.807, 2.05) is 0 Å². The molecule has 6 nitrogen and oxygen atoms in total. The van der Waals surface area contributed by atoms with Crippen molar-refractivity contribution >= 4 is 11.9 Å². The van der Waals surface area contributed by atoms with Gasteiger partial charge in [-0.25, -0.2) is 9.59 Å². The second-order valence-electron chi connectivity index (χ2n) is 13.2. The number of aryl methyl sites for hydroxylation is 1. The number of carbonyl (C=O) groups is 2. The lowest BCUT2D eigenvalue weighted by atomic mass is 9.70. The van der Waals surface area contributed by atoms with Crippen molar-refractivity contribution < 1.29 is 37.7 Å². The Hall–Kier alpha value is -2.58. The highest BCUT2D eigenvalue weighted by atomic mass is 19.3. The second kappa shape index (κ2) is 17.9. The number of aliphatic hydroxyl groups excluding tert-OH is 1. The van der Waals surface area contributed by atoms with Gasteiger partial charge in [-0.1, -0.05) is 77.7 Å². The first-order valence-electron chi connectivity index (χ1n) is 17.0. The smallest absolute Gasteiger partial charge is 0.383 e. The molecule has 0 spiro atoms. The normalized spacial score (nSPS) is 22.8. The van der Waals surface area contributed by atoms with E-state index in [0.29, 0.717) is 36.3 Å². The summed E-state index contributed by atoms with van der Waals surface area (Å²) in [6.45, 7) is 11.7. The van der Waals surface area contributed by atoms with Gasteiger partial charge >= 0.3 is 18.0 Å². The number of ether oxygens (including phenoxy) is 3. The Labute approximate surface area is 268 Å². The first-order valence-corrected chi connectivity index (χ1v) is 17.0. The minimum Gasteiger partial charge on any atom is -0.462 e. The van der Waals surface area contributed by atoms with E-state index in [-0.39, 0.29) is 29.9 Å². The van der Waals surface area contributed by atoms with E-state index in [9.17, 15) is 9.59 Å². The molecule has 0 saturated heterocycles. The molecule has 1 aromatic carbocycles. The van der Waals surface area contributed by atoms with E-state index in [1.54, 1.807) is 13.0 Å². The van der Waals surface area contributed by atoms with Crippen LogP contribution in [-0.2, 0) is 36.3 Å². The van der Waals surface area contributed by atoms with Crippen LogP contribution in [-0.4, -0.2) is 43.0 Å². The third kappa shape index (κ3) is 11.0. The third-order valence-corrected chi connectivity index (χ3v) is 9.76. The van der Waals surface area contributed by atoms with Crippen molar-refractivity contribution in [1.29, 1.82) is 0 Å². The number of esters is 2. The number of hydrogen-bond donors (Lipinski definition) is 1. The maximum absolute atomic E-state index is 15.7. The van der Waals surface area contributed by atoms with Crippen LogP contribution in [0, 0.1) is 17.8 Å². The van der Waals surface area contributed by atoms with Crippen LogP contribution in [0.25, 0.3) is 0 Å². The summed E-state index contributed by atoms with van der Waals surface area (Å²) in [6, 6.07) is 4.53. The molecule has 2 aliphatic carbocycles. The Morgan fingerprint density at radius 2 is 1.53 bits per heavy atom. The molecule has 1 aromatic rings. The zero-order valence-corrected chi connectivity index (χ0v) is 27.6. The lowest BCUT2D eigenvalue weighted by Gasteiger charge is -2.38. The molecule has 2 aliphatic rings. The highest BCUT2D eigenvalue weighted by Crippen LogP contribution is 2.44. The van der Waals surface area contributed by atoms with E-state index in [4.69, 9.17) is 19.3 Å². The first-order chi connectivity index (χ1) is 21.5. The minimum absolute atomic E-state index is 0.117. The Morgan fingerprint density at radius 3 is 2.09 bits per heavy atom. The molecule has 2 fully saturated rings. The molecule has 252 valence electrons. The van der Waals surface area contributed by atoms with E-state index in [1.165, 1.54) is 70.4 Å². The van der Waals surface area contributed by atoms with Crippen molar-refractivity contribution in [2.24, 2.45) is 17.8 Å². The summed E-state index contributed by atoms with van der Waals surface area (Å²) in [7, 11) is 0. The van der Waals surface area contributed by atoms with Crippen LogP contribution in [0.5, 0.6) is 0 Å². The summed E-state index contributed by atoms with van der Waals surface area (Å²) < 4.78 is 47.4. The van der Waals surface area contributed by atoms with Gasteiger partial charge < -0.3 is 19.3 Å². The number of carbonyl (C=O) groups excluding carboxylic acids is 2.